The van der Waals surface area contributed by atoms with E-state index in [1.54, 1.807) is 36.1 Å². The molecule has 0 radical (unpaired) electrons. The summed E-state index contributed by atoms with van der Waals surface area (Å²) in [4.78, 5) is 52.9. The van der Waals surface area contributed by atoms with Gasteiger partial charge in [0, 0.05) is 43.4 Å². The third-order valence-corrected chi connectivity index (χ3v) is 6.31. The molecule has 202 valence electrons. The van der Waals surface area contributed by atoms with Crippen molar-refractivity contribution in [1.29, 1.82) is 0 Å². The number of esters is 1. The van der Waals surface area contributed by atoms with E-state index in [2.05, 4.69) is 5.32 Å². The minimum Gasteiger partial charge on any atom is -0.487 e. The Morgan fingerprint density at radius 2 is 1.62 bits per heavy atom. The van der Waals surface area contributed by atoms with Gasteiger partial charge < -0.3 is 24.6 Å². The fraction of sp³-hybridized carbons (Fsp3) is 0.250. The molecule has 0 bridgehead atoms. The molecular weight excluding hydrogens is 504 g/mol. The molecular formula is C28H28N4O7. The Morgan fingerprint density at radius 1 is 0.923 bits per heavy atom. The number of ether oxygens (including phenoxy) is 2. The highest BCUT2D eigenvalue weighted by Gasteiger charge is 2.25. The number of benzene rings is 3. The molecule has 2 amide bonds. The Balaban J connectivity index is 1.57. The summed E-state index contributed by atoms with van der Waals surface area (Å²) in [6, 6.07) is 17.8. The summed E-state index contributed by atoms with van der Waals surface area (Å²) in [7, 11) is 1.26. The number of anilines is 2. The fourth-order valence-electron chi connectivity index (χ4n) is 4.34. The van der Waals surface area contributed by atoms with Crippen molar-refractivity contribution in [2.75, 3.05) is 50.1 Å². The van der Waals surface area contributed by atoms with E-state index in [0.717, 1.165) is 6.07 Å². The van der Waals surface area contributed by atoms with Crippen LogP contribution in [-0.2, 0) is 4.74 Å². The zero-order valence-corrected chi connectivity index (χ0v) is 21.6. The number of amides is 2. The Morgan fingerprint density at radius 3 is 2.26 bits per heavy atom. The minimum atomic E-state index is -0.610. The van der Waals surface area contributed by atoms with Gasteiger partial charge in [-0.2, -0.15) is 0 Å². The third kappa shape index (κ3) is 6.15. The first-order valence-electron chi connectivity index (χ1n) is 12.4. The van der Waals surface area contributed by atoms with Gasteiger partial charge >= 0.3 is 11.7 Å². The highest BCUT2D eigenvalue weighted by molar-refractivity contribution is 6.07. The van der Waals surface area contributed by atoms with Crippen molar-refractivity contribution in [3.05, 3.63) is 93.5 Å². The number of nitro groups is 1. The summed E-state index contributed by atoms with van der Waals surface area (Å²) in [6.07, 6.45) is 0. The maximum Gasteiger partial charge on any atom is 0.337 e. The molecule has 1 aliphatic rings. The van der Waals surface area contributed by atoms with Crippen LogP contribution >= 0.6 is 0 Å². The molecule has 1 N–H and O–H groups in total. The topological polar surface area (TPSA) is 131 Å². The maximum atomic E-state index is 13.2. The monoisotopic (exact) mass is 532 g/mol. The van der Waals surface area contributed by atoms with Crippen molar-refractivity contribution in [2.45, 2.75) is 6.92 Å². The van der Waals surface area contributed by atoms with Gasteiger partial charge in [0.15, 0.2) is 5.75 Å². The first kappa shape index (κ1) is 27.1. The van der Waals surface area contributed by atoms with Gasteiger partial charge in [-0.15, -0.1) is 0 Å². The molecule has 1 fully saturated rings. The van der Waals surface area contributed by atoms with E-state index in [1.165, 1.54) is 25.3 Å². The van der Waals surface area contributed by atoms with Crippen LogP contribution < -0.4 is 15.0 Å². The molecule has 0 spiro atoms. The van der Waals surface area contributed by atoms with Gasteiger partial charge in [-0.05, 0) is 49.4 Å². The summed E-state index contributed by atoms with van der Waals surface area (Å²) in [5.74, 6) is -1.16. The van der Waals surface area contributed by atoms with Crippen LogP contribution in [0.2, 0.25) is 0 Å². The smallest absolute Gasteiger partial charge is 0.337 e. The number of nitro benzene ring substituents is 1. The zero-order valence-electron chi connectivity index (χ0n) is 21.6. The number of carbonyl (C=O) groups is 3. The van der Waals surface area contributed by atoms with Gasteiger partial charge in [-0.1, -0.05) is 18.2 Å². The van der Waals surface area contributed by atoms with Crippen molar-refractivity contribution in [2.24, 2.45) is 0 Å². The van der Waals surface area contributed by atoms with E-state index in [1.807, 2.05) is 23.1 Å². The molecule has 0 unspecified atom stereocenters. The molecule has 1 saturated heterocycles. The van der Waals surface area contributed by atoms with Crippen molar-refractivity contribution < 1.29 is 28.8 Å². The molecule has 0 aromatic heterocycles. The van der Waals surface area contributed by atoms with Crippen molar-refractivity contribution in [1.82, 2.24) is 4.90 Å². The lowest BCUT2D eigenvalue weighted by atomic mass is 10.1. The Kier molecular flexibility index (Phi) is 8.40. The molecule has 3 aromatic rings. The first-order valence-corrected chi connectivity index (χ1v) is 12.4. The van der Waals surface area contributed by atoms with Crippen molar-refractivity contribution in [3.8, 4) is 5.75 Å². The lowest BCUT2D eigenvalue weighted by Gasteiger charge is -2.37. The molecule has 3 aromatic carbocycles. The molecule has 0 aliphatic carbocycles. The maximum absolute atomic E-state index is 13.2. The quantitative estimate of drug-likeness (QED) is 0.262. The standard InChI is InChI=1S/C28H28N4O7/c1-3-39-25-12-10-20(18-24(25)32(36)37)26(33)29-22-17-21(28(35)38-2)9-11-23(22)30-13-15-31(16-14-30)27(34)19-7-5-4-6-8-19/h4-12,17-18H,3,13-16H2,1-2H3,(H,29,33). The number of methoxy groups -OCH3 is 1. The Labute approximate surface area is 225 Å². The van der Waals surface area contributed by atoms with E-state index < -0.39 is 16.8 Å². The molecule has 1 heterocycles. The van der Waals surface area contributed by atoms with Crippen LogP contribution in [0, 0.1) is 10.1 Å². The van der Waals surface area contributed by atoms with Crippen molar-refractivity contribution >= 4 is 34.8 Å². The van der Waals surface area contributed by atoms with Crippen LogP contribution in [0.1, 0.15) is 38.0 Å². The third-order valence-electron chi connectivity index (χ3n) is 6.31. The van der Waals surface area contributed by atoms with Gasteiger partial charge in [-0.3, -0.25) is 19.7 Å². The largest absolute Gasteiger partial charge is 0.487 e. The van der Waals surface area contributed by atoms with Gasteiger partial charge in [0.2, 0.25) is 0 Å². The number of hydrogen-bond acceptors (Lipinski definition) is 8. The Bertz CT molecular complexity index is 1390. The van der Waals surface area contributed by atoms with Crippen LogP contribution in [-0.4, -0.2) is 67.5 Å². The number of hydrogen-bond donors (Lipinski definition) is 1. The predicted molar refractivity (Wildman–Crippen MR) is 145 cm³/mol. The summed E-state index contributed by atoms with van der Waals surface area (Å²) in [5.41, 5.74) is 1.55. The number of nitrogens with zero attached hydrogens (tertiary/aromatic N) is 3. The number of rotatable bonds is 8. The van der Waals surface area contributed by atoms with E-state index in [-0.39, 0.29) is 35.1 Å². The fourth-order valence-corrected chi connectivity index (χ4v) is 4.34. The van der Waals surface area contributed by atoms with Crippen LogP contribution in [0.25, 0.3) is 0 Å². The van der Waals surface area contributed by atoms with Gasteiger partial charge in [0.05, 0.1) is 35.6 Å². The average molecular weight is 533 g/mol. The predicted octanol–water partition coefficient (Wildman–Crippen LogP) is 3.99. The van der Waals surface area contributed by atoms with Crippen LogP contribution in [0.3, 0.4) is 0 Å². The van der Waals surface area contributed by atoms with Gasteiger partial charge in [0.25, 0.3) is 11.8 Å². The summed E-state index contributed by atoms with van der Waals surface area (Å²) in [6.45, 7) is 3.86. The average Bonchev–Trinajstić information content (AvgIpc) is 2.97. The van der Waals surface area contributed by atoms with Crippen LogP contribution in [0.15, 0.2) is 66.7 Å². The van der Waals surface area contributed by atoms with Crippen LogP contribution in [0.4, 0.5) is 17.1 Å². The molecule has 11 heteroatoms. The molecule has 0 atom stereocenters. The second kappa shape index (κ2) is 12.1. The highest BCUT2D eigenvalue weighted by Crippen LogP contribution is 2.31. The minimum absolute atomic E-state index is 0.0536. The molecule has 1 aliphatic heterocycles. The Hall–Kier alpha value is -4.93. The molecule has 4 rings (SSSR count). The molecule has 39 heavy (non-hydrogen) atoms. The molecule has 11 nitrogen and oxygen atoms in total. The van der Waals surface area contributed by atoms with Crippen LogP contribution in [0.5, 0.6) is 5.75 Å². The number of piperazine rings is 1. The van der Waals surface area contributed by atoms with E-state index >= 15 is 0 Å². The second-order valence-corrected chi connectivity index (χ2v) is 8.70. The lowest BCUT2D eigenvalue weighted by molar-refractivity contribution is -0.385. The van der Waals surface area contributed by atoms with Gasteiger partial charge in [-0.25, -0.2) is 4.79 Å². The lowest BCUT2D eigenvalue weighted by Crippen LogP contribution is -2.49. The van der Waals surface area contributed by atoms with E-state index in [4.69, 9.17) is 9.47 Å². The number of carbonyl (C=O) groups excluding carboxylic acids is 3. The highest BCUT2D eigenvalue weighted by atomic mass is 16.6. The normalized spacial score (nSPS) is 13.0. The second-order valence-electron chi connectivity index (χ2n) is 8.70. The van der Waals surface area contributed by atoms with E-state index in [9.17, 15) is 24.5 Å². The first-order chi connectivity index (χ1) is 18.8. The SMILES string of the molecule is CCOc1ccc(C(=O)Nc2cc(C(=O)OC)ccc2N2CCN(C(=O)c3ccccc3)CC2)cc1[N+](=O)[O-]. The summed E-state index contributed by atoms with van der Waals surface area (Å²) >= 11 is 0. The van der Waals surface area contributed by atoms with E-state index in [0.29, 0.717) is 43.1 Å². The zero-order chi connectivity index (χ0) is 27.9. The summed E-state index contributed by atoms with van der Waals surface area (Å²) in [5, 5.41) is 14.3. The molecule has 0 saturated carbocycles. The number of nitrogens with one attached hydrogen (secondary N) is 1. The summed E-state index contributed by atoms with van der Waals surface area (Å²) < 4.78 is 10.1. The van der Waals surface area contributed by atoms with Gasteiger partial charge in [0.1, 0.15) is 0 Å². The van der Waals surface area contributed by atoms with Crippen molar-refractivity contribution in [3.63, 3.8) is 0 Å².